The first kappa shape index (κ1) is 20.9. The van der Waals surface area contributed by atoms with Gasteiger partial charge in [-0.05, 0) is 18.9 Å². The predicted octanol–water partition coefficient (Wildman–Crippen LogP) is 3.54. The van der Waals surface area contributed by atoms with Crippen molar-refractivity contribution in [1.29, 1.82) is 0 Å². The SMILES string of the molecule is O=C(Cn1c(=O)nc(-c2ccccc2)c2ccccc21)N1CCN(C2CCCCC2)CC1. The topological polar surface area (TPSA) is 58.4 Å². The summed E-state index contributed by atoms with van der Waals surface area (Å²) in [5, 5.41) is 0.883. The Labute approximate surface area is 188 Å². The first-order chi connectivity index (χ1) is 15.7. The van der Waals surface area contributed by atoms with E-state index in [2.05, 4.69) is 9.88 Å². The fourth-order valence-corrected chi connectivity index (χ4v) is 5.22. The highest BCUT2D eigenvalue weighted by Gasteiger charge is 2.27. The number of amides is 1. The molecule has 0 radical (unpaired) electrons. The van der Waals surface area contributed by atoms with Crippen molar-refractivity contribution in [2.45, 2.75) is 44.7 Å². The largest absolute Gasteiger partial charge is 0.349 e. The Morgan fingerprint density at radius 3 is 2.31 bits per heavy atom. The molecule has 0 atom stereocenters. The van der Waals surface area contributed by atoms with E-state index in [4.69, 9.17) is 0 Å². The third kappa shape index (κ3) is 4.19. The van der Waals surface area contributed by atoms with Crippen LogP contribution >= 0.6 is 0 Å². The van der Waals surface area contributed by atoms with Crippen LogP contribution in [0.25, 0.3) is 22.2 Å². The number of carbonyl (C=O) groups is 1. The van der Waals surface area contributed by atoms with Gasteiger partial charge in [-0.2, -0.15) is 4.98 Å². The van der Waals surface area contributed by atoms with Gasteiger partial charge in [0.1, 0.15) is 6.54 Å². The van der Waals surface area contributed by atoms with Gasteiger partial charge in [-0.25, -0.2) is 4.79 Å². The summed E-state index contributed by atoms with van der Waals surface area (Å²) in [5.41, 5.74) is 1.94. The summed E-state index contributed by atoms with van der Waals surface area (Å²) >= 11 is 0. The van der Waals surface area contributed by atoms with E-state index in [-0.39, 0.29) is 18.1 Å². The van der Waals surface area contributed by atoms with E-state index < -0.39 is 0 Å². The van der Waals surface area contributed by atoms with Crippen molar-refractivity contribution in [1.82, 2.24) is 19.4 Å². The van der Waals surface area contributed by atoms with Gasteiger partial charge in [-0.15, -0.1) is 0 Å². The zero-order valence-corrected chi connectivity index (χ0v) is 18.4. The Balaban J connectivity index is 1.35. The first-order valence-corrected chi connectivity index (χ1v) is 11.8. The molecule has 6 nitrogen and oxygen atoms in total. The maximum absolute atomic E-state index is 13.1. The molecule has 1 saturated carbocycles. The number of piperazine rings is 1. The summed E-state index contributed by atoms with van der Waals surface area (Å²) in [4.78, 5) is 34.9. The minimum absolute atomic E-state index is 0.00481. The molecule has 6 heteroatoms. The highest BCUT2D eigenvalue weighted by atomic mass is 16.2. The van der Waals surface area contributed by atoms with Gasteiger partial charge in [-0.1, -0.05) is 67.8 Å². The van der Waals surface area contributed by atoms with Crippen molar-refractivity contribution in [3.63, 3.8) is 0 Å². The van der Waals surface area contributed by atoms with Crippen LogP contribution in [0, 0.1) is 0 Å². The summed E-state index contributed by atoms with van der Waals surface area (Å²) in [5.74, 6) is -0.00481. The molecule has 0 spiro atoms. The van der Waals surface area contributed by atoms with Gasteiger partial charge in [0.25, 0.3) is 0 Å². The Hall–Kier alpha value is -2.99. The molecule has 32 heavy (non-hydrogen) atoms. The quantitative estimate of drug-likeness (QED) is 0.635. The zero-order valence-electron chi connectivity index (χ0n) is 18.4. The van der Waals surface area contributed by atoms with Crippen molar-refractivity contribution < 1.29 is 4.79 Å². The minimum Gasteiger partial charge on any atom is -0.339 e. The number of carbonyl (C=O) groups excluding carboxylic acids is 1. The van der Waals surface area contributed by atoms with Crippen LogP contribution in [0.2, 0.25) is 0 Å². The number of hydrogen-bond donors (Lipinski definition) is 0. The van der Waals surface area contributed by atoms with Gasteiger partial charge < -0.3 is 4.90 Å². The second-order valence-electron chi connectivity index (χ2n) is 8.92. The summed E-state index contributed by atoms with van der Waals surface area (Å²) in [6.45, 7) is 3.36. The predicted molar refractivity (Wildman–Crippen MR) is 126 cm³/mol. The highest BCUT2D eigenvalue weighted by molar-refractivity contribution is 5.93. The zero-order chi connectivity index (χ0) is 21.9. The number of rotatable bonds is 4. The smallest absolute Gasteiger partial charge is 0.339 e. The number of fused-ring (bicyclic) bond motifs is 1. The van der Waals surface area contributed by atoms with Crippen molar-refractivity contribution >= 4 is 16.8 Å². The summed E-state index contributed by atoms with van der Waals surface area (Å²) < 4.78 is 1.53. The molecule has 0 unspecified atom stereocenters. The van der Waals surface area contributed by atoms with Gasteiger partial charge in [0.05, 0.1) is 11.2 Å². The molecule has 0 N–H and O–H groups in total. The van der Waals surface area contributed by atoms with Crippen molar-refractivity contribution in [2.24, 2.45) is 0 Å². The molecule has 5 rings (SSSR count). The van der Waals surface area contributed by atoms with Crippen LogP contribution in [0.5, 0.6) is 0 Å². The van der Waals surface area contributed by atoms with E-state index in [1.165, 1.54) is 36.7 Å². The summed E-state index contributed by atoms with van der Waals surface area (Å²) in [6, 6.07) is 18.1. The highest BCUT2D eigenvalue weighted by Crippen LogP contribution is 2.26. The molecule has 1 aromatic heterocycles. The molecule has 1 aliphatic heterocycles. The number of nitrogens with zero attached hydrogens (tertiary/aromatic N) is 4. The molecule has 2 heterocycles. The number of hydrogen-bond acceptors (Lipinski definition) is 4. The summed E-state index contributed by atoms with van der Waals surface area (Å²) in [6.07, 6.45) is 6.58. The fraction of sp³-hybridized carbons (Fsp3) is 0.423. The van der Waals surface area contributed by atoms with E-state index in [9.17, 15) is 9.59 Å². The molecule has 0 bridgehead atoms. The molecular formula is C26H30N4O2. The second kappa shape index (κ2) is 9.25. The van der Waals surface area contributed by atoms with E-state index >= 15 is 0 Å². The van der Waals surface area contributed by atoms with Crippen molar-refractivity contribution in [3.05, 3.63) is 65.1 Å². The van der Waals surface area contributed by atoms with Gasteiger partial charge in [0.15, 0.2) is 0 Å². The molecular weight excluding hydrogens is 400 g/mol. The van der Waals surface area contributed by atoms with Gasteiger partial charge in [0.2, 0.25) is 5.91 Å². The Morgan fingerprint density at radius 2 is 1.56 bits per heavy atom. The molecule has 166 valence electrons. The van der Waals surface area contributed by atoms with Gasteiger partial charge >= 0.3 is 5.69 Å². The maximum atomic E-state index is 13.1. The van der Waals surface area contributed by atoms with E-state index in [0.717, 1.165) is 42.6 Å². The van der Waals surface area contributed by atoms with Crippen LogP contribution in [0.15, 0.2) is 59.4 Å². The average Bonchev–Trinajstić information content (AvgIpc) is 2.86. The molecule has 1 aliphatic carbocycles. The van der Waals surface area contributed by atoms with Crippen LogP contribution in [0.4, 0.5) is 0 Å². The van der Waals surface area contributed by atoms with Crippen LogP contribution in [0.1, 0.15) is 32.1 Å². The number of benzene rings is 2. The molecule has 3 aromatic rings. The minimum atomic E-state index is -0.378. The summed E-state index contributed by atoms with van der Waals surface area (Å²) in [7, 11) is 0. The van der Waals surface area contributed by atoms with E-state index in [1.807, 2.05) is 59.5 Å². The third-order valence-corrected chi connectivity index (χ3v) is 6.99. The monoisotopic (exact) mass is 430 g/mol. The Kier molecular flexibility index (Phi) is 6.04. The van der Waals surface area contributed by atoms with Crippen LogP contribution < -0.4 is 5.69 Å². The second-order valence-corrected chi connectivity index (χ2v) is 8.92. The number of para-hydroxylation sites is 1. The molecule has 2 aliphatic rings. The number of aromatic nitrogens is 2. The van der Waals surface area contributed by atoms with Crippen LogP contribution in [-0.2, 0) is 11.3 Å². The fourth-order valence-electron chi connectivity index (χ4n) is 5.22. The standard InChI is InChI=1S/C26H30N4O2/c31-24(29-17-15-28(16-18-29)21-11-5-2-6-12-21)19-30-23-14-8-7-13-22(23)25(27-26(30)32)20-9-3-1-4-10-20/h1,3-4,7-10,13-14,21H,2,5-6,11-12,15-19H2. The van der Waals surface area contributed by atoms with Gasteiger partial charge in [-0.3, -0.25) is 14.3 Å². The van der Waals surface area contributed by atoms with Crippen molar-refractivity contribution in [3.8, 4) is 11.3 Å². The lowest BCUT2D eigenvalue weighted by Crippen LogP contribution is -2.53. The van der Waals surface area contributed by atoms with E-state index in [0.29, 0.717) is 11.7 Å². The Bertz CT molecular complexity index is 1140. The maximum Gasteiger partial charge on any atom is 0.349 e. The van der Waals surface area contributed by atoms with Crippen LogP contribution in [-0.4, -0.2) is 57.5 Å². The average molecular weight is 431 g/mol. The molecule has 1 saturated heterocycles. The lowest BCUT2D eigenvalue weighted by molar-refractivity contribution is -0.134. The Morgan fingerprint density at radius 1 is 0.875 bits per heavy atom. The lowest BCUT2D eigenvalue weighted by Gasteiger charge is -2.40. The van der Waals surface area contributed by atoms with E-state index in [1.54, 1.807) is 0 Å². The molecule has 2 fully saturated rings. The third-order valence-electron chi connectivity index (χ3n) is 6.99. The van der Waals surface area contributed by atoms with Crippen molar-refractivity contribution in [2.75, 3.05) is 26.2 Å². The van der Waals surface area contributed by atoms with Gasteiger partial charge in [0, 0.05) is 43.2 Å². The molecule has 1 amide bonds. The van der Waals surface area contributed by atoms with Crippen LogP contribution in [0.3, 0.4) is 0 Å². The lowest BCUT2D eigenvalue weighted by atomic mass is 9.94. The first-order valence-electron chi connectivity index (χ1n) is 11.8. The molecule has 2 aromatic carbocycles. The normalized spacial score (nSPS) is 18.2.